The molecule has 0 aliphatic carbocycles. The zero-order valence-corrected chi connectivity index (χ0v) is 10.0. The van der Waals surface area contributed by atoms with Gasteiger partial charge in [0, 0.05) is 18.3 Å². The maximum absolute atomic E-state index is 12.6. The molecular formula is C13H11FN4O. The van der Waals surface area contributed by atoms with Crippen LogP contribution in [0.15, 0.2) is 29.3 Å². The van der Waals surface area contributed by atoms with Crippen LogP contribution < -0.4 is 5.32 Å². The van der Waals surface area contributed by atoms with E-state index in [4.69, 9.17) is 10.5 Å². The molecule has 1 rings (SSSR count). The summed E-state index contributed by atoms with van der Waals surface area (Å²) in [5, 5.41) is 19.5. The minimum absolute atomic E-state index is 0.271. The van der Waals surface area contributed by atoms with Crippen molar-refractivity contribution in [2.45, 2.75) is 0 Å². The number of halogens is 1. The predicted octanol–water partition coefficient (Wildman–Crippen LogP) is 1.29. The van der Waals surface area contributed by atoms with Crippen molar-refractivity contribution >= 4 is 12.1 Å². The molecule has 0 radical (unpaired) electrons. The first-order chi connectivity index (χ1) is 9.17. The van der Waals surface area contributed by atoms with Crippen LogP contribution in [0.2, 0.25) is 0 Å². The van der Waals surface area contributed by atoms with Crippen LogP contribution in [0.1, 0.15) is 10.4 Å². The number of carbonyl (C=O) groups is 1. The molecule has 6 heteroatoms. The van der Waals surface area contributed by atoms with E-state index in [2.05, 4.69) is 10.3 Å². The van der Waals surface area contributed by atoms with Gasteiger partial charge in [0.25, 0.3) is 5.91 Å². The number of hydrogen-bond donors (Lipinski definition) is 1. The second kappa shape index (κ2) is 7.57. The van der Waals surface area contributed by atoms with Crippen LogP contribution in [-0.2, 0) is 0 Å². The van der Waals surface area contributed by atoms with E-state index in [1.54, 1.807) is 12.1 Å². The standard InChI is InChI=1S/C13H11FN4O/c14-12-3-1-11(2-4-12)13(19)18-6-5-17-9-10(7-15)8-16/h1-4,9-10H,5-6H2,(H,18,19). The van der Waals surface area contributed by atoms with Crippen LogP contribution in [0, 0.1) is 34.4 Å². The van der Waals surface area contributed by atoms with Crippen molar-refractivity contribution < 1.29 is 9.18 Å². The minimum atomic E-state index is -0.868. The zero-order chi connectivity index (χ0) is 14.1. The lowest BCUT2D eigenvalue weighted by atomic mass is 10.2. The molecule has 19 heavy (non-hydrogen) atoms. The molecule has 0 spiro atoms. The van der Waals surface area contributed by atoms with Crippen molar-refractivity contribution in [2.75, 3.05) is 13.1 Å². The number of carbonyl (C=O) groups excluding carboxylic acids is 1. The first kappa shape index (κ1) is 14.3. The van der Waals surface area contributed by atoms with E-state index < -0.39 is 11.7 Å². The first-order valence-electron chi connectivity index (χ1n) is 5.50. The summed E-state index contributed by atoms with van der Waals surface area (Å²) < 4.78 is 12.6. The Morgan fingerprint density at radius 2 is 2.00 bits per heavy atom. The van der Waals surface area contributed by atoms with Gasteiger partial charge in [-0.1, -0.05) is 0 Å². The Morgan fingerprint density at radius 3 is 2.58 bits per heavy atom. The molecule has 0 unspecified atom stereocenters. The van der Waals surface area contributed by atoms with Gasteiger partial charge in [-0.05, 0) is 24.3 Å². The number of aliphatic imine (C=N–C) groups is 1. The molecule has 0 heterocycles. The summed E-state index contributed by atoms with van der Waals surface area (Å²) in [6, 6.07) is 8.68. The van der Waals surface area contributed by atoms with Crippen LogP contribution in [0.4, 0.5) is 4.39 Å². The molecule has 1 aromatic carbocycles. The van der Waals surface area contributed by atoms with Gasteiger partial charge in [0.2, 0.25) is 0 Å². The van der Waals surface area contributed by atoms with Crippen molar-refractivity contribution in [1.29, 1.82) is 10.5 Å². The second-order valence-electron chi connectivity index (χ2n) is 3.55. The van der Waals surface area contributed by atoms with Gasteiger partial charge < -0.3 is 5.32 Å². The predicted molar refractivity (Wildman–Crippen MR) is 66.8 cm³/mol. The van der Waals surface area contributed by atoms with Gasteiger partial charge in [0.15, 0.2) is 5.92 Å². The molecule has 5 nitrogen and oxygen atoms in total. The molecule has 1 N–H and O–H groups in total. The molecule has 0 aromatic heterocycles. The van der Waals surface area contributed by atoms with Gasteiger partial charge >= 0.3 is 0 Å². The molecule has 0 aliphatic heterocycles. The van der Waals surface area contributed by atoms with Crippen LogP contribution in [0.25, 0.3) is 0 Å². The Kier molecular flexibility index (Phi) is 5.71. The Morgan fingerprint density at radius 1 is 1.37 bits per heavy atom. The summed E-state index contributed by atoms with van der Waals surface area (Å²) in [6.07, 6.45) is 1.24. The third-order valence-corrected chi connectivity index (χ3v) is 2.17. The van der Waals surface area contributed by atoms with Gasteiger partial charge in [-0.2, -0.15) is 10.5 Å². The van der Waals surface area contributed by atoms with Crippen molar-refractivity contribution in [3.8, 4) is 12.1 Å². The minimum Gasteiger partial charge on any atom is -0.350 e. The Bertz CT molecular complexity index is 525. The summed E-state index contributed by atoms with van der Waals surface area (Å²) in [7, 11) is 0. The van der Waals surface area contributed by atoms with Gasteiger partial charge in [0.05, 0.1) is 18.7 Å². The number of nitrogens with one attached hydrogen (secondary N) is 1. The van der Waals surface area contributed by atoms with E-state index in [9.17, 15) is 9.18 Å². The van der Waals surface area contributed by atoms with E-state index in [1.165, 1.54) is 30.5 Å². The Balaban J connectivity index is 2.34. The lowest BCUT2D eigenvalue weighted by Crippen LogP contribution is -2.26. The molecule has 0 bridgehead atoms. The van der Waals surface area contributed by atoms with Crippen molar-refractivity contribution in [3.63, 3.8) is 0 Å². The van der Waals surface area contributed by atoms with E-state index in [0.717, 1.165) is 0 Å². The zero-order valence-electron chi connectivity index (χ0n) is 10.0. The van der Waals surface area contributed by atoms with E-state index >= 15 is 0 Å². The third-order valence-electron chi connectivity index (χ3n) is 2.17. The van der Waals surface area contributed by atoms with Crippen molar-refractivity contribution in [2.24, 2.45) is 10.9 Å². The van der Waals surface area contributed by atoms with Crippen LogP contribution in [0.5, 0.6) is 0 Å². The van der Waals surface area contributed by atoms with Crippen molar-refractivity contribution in [1.82, 2.24) is 5.32 Å². The molecular weight excluding hydrogens is 247 g/mol. The fraction of sp³-hybridized carbons (Fsp3) is 0.231. The monoisotopic (exact) mass is 258 g/mol. The number of rotatable bonds is 5. The smallest absolute Gasteiger partial charge is 0.251 e. The number of nitrogens with zero attached hydrogens (tertiary/aromatic N) is 3. The first-order valence-corrected chi connectivity index (χ1v) is 5.50. The van der Waals surface area contributed by atoms with Crippen LogP contribution >= 0.6 is 0 Å². The fourth-order valence-corrected chi connectivity index (χ4v) is 1.21. The number of benzene rings is 1. The average Bonchev–Trinajstić information content (AvgIpc) is 2.43. The van der Waals surface area contributed by atoms with E-state index in [-0.39, 0.29) is 19.0 Å². The molecule has 0 fully saturated rings. The van der Waals surface area contributed by atoms with Crippen LogP contribution in [0.3, 0.4) is 0 Å². The highest BCUT2D eigenvalue weighted by atomic mass is 19.1. The largest absolute Gasteiger partial charge is 0.350 e. The lowest BCUT2D eigenvalue weighted by Gasteiger charge is -2.02. The maximum atomic E-state index is 12.6. The third kappa shape index (κ3) is 4.97. The molecule has 0 saturated carbocycles. The summed E-state index contributed by atoms with van der Waals surface area (Å²) >= 11 is 0. The molecule has 0 saturated heterocycles. The topological polar surface area (TPSA) is 89.0 Å². The highest BCUT2D eigenvalue weighted by molar-refractivity contribution is 5.94. The quantitative estimate of drug-likeness (QED) is 0.637. The molecule has 96 valence electrons. The van der Waals surface area contributed by atoms with E-state index in [1.807, 2.05) is 0 Å². The van der Waals surface area contributed by atoms with Gasteiger partial charge in [-0.3, -0.25) is 9.79 Å². The lowest BCUT2D eigenvalue weighted by molar-refractivity contribution is 0.0955. The highest BCUT2D eigenvalue weighted by Crippen LogP contribution is 2.01. The number of hydrogen-bond acceptors (Lipinski definition) is 4. The fourth-order valence-electron chi connectivity index (χ4n) is 1.21. The van der Waals surface area contributed by atoms with Gasteiger partial charge in [-0.25, -0.2) is 4.39 Å². The van der Waals surface area contributed by atoms with Gasteiger partial charge in [0.1, 0.15) is 5.82 Å². The number of amides is 1. The summed E-state index contributed by atoms with van der Waals surface area (Å²) in [4.78, 5) is 15.4. The molecule has 0 atom stereocenters. The molecule has 1 aromatic rings. The Labute approximate surface area is 110 Å². The highest BCUT2D eigenvalue weighted by Gasteiger charge is 2.04. The Hall–Kier alpha value is -2.73. The molecule has 0 aliphatic rings. The SMILES string of the molecule is N#CC(C#N)C=NCCNC(=O)c1ccc(F)cc1. The number of nitriles is 2. The van der Waals surface area contributed by atoms with Gasteiger partial charge in [-0.15, -0.1) is 0 Å². The second-order valence-corrected chi connectivity index (χ2v) is 3.55. The van der Waals surface area contributed by atoms with E-state index in [0.29, 0.717) is 5.56 Å². The molecule has 1 amide bonds. The normalized spacial score (nSPS) is 10.1. The summed E-state index contributed by atoms with van der Waals surface area (Å²) in [6.45, 7) is 0.545. The average molecular weight is 258 g/mol. The maximum Gasteiger partial charge on any atom is 0.251 e. The summed E-state index contributed by atoms with van der Waals surface area (Å²) in [5.41, 5.74) is 0.359. The van der Waals surface area contributed by atoms with Crippen LogP contribution in [-0.4, -0.2) is 25.2 Å². The van der Waals surface area contributed by atoms with Crippen molar-refractivity contribution in [3.05, 3.63) is 35.6 Å². The summed E-state index contributed by atoms with van der Waals surface area (Å²) in [5.74, 6) is -1.60.